The van der Waals surface area contributed by atoms with Gasteiger partial charge in [-0.25, -0.2) is 13.4 Å². The van der Waals surface area contributed by atoms with E-state index < -0.39 is 10.0 Å². The maximum Gasteiger partial charge on any atom is 0.261 e. The smallest absolute Gasteiger partial charge is 0.261 e. The Balaban J connectivity index is 1.76. The molecular weight excluding hydrogens is 422 g/mol. The van der Waals surface area contributed by atoms with E-state index in [-0.39, 0.29) is 21.8 Å². The van der Waals surface area contributed by atoms with Crippen LogP contribution in [0, 0.1) is 0 Å². The fourth-order valence-corrected chi connectivity index (χ4v) is 4.17. The first-order valence-corrected chi connectivity index (χ1v) is 10.9. The number of nitrogens with zero attached hydrogens (tertiary/aromatic N) is 1. The number of thioether (sulfide) groups is 1. The van der Waals surface area contributed by atoms with E-state index in [9.17, 15) is 13.2 Å². The van der Waals surface area contributed by atoms with Gasteiger partial charge in [-0.05, 0) is 36.4 Å². The summed E-state index contributed by atoms with van der Waals surface area (Å²) in [6, 6.07) is 10.8. The molecule has 0 radical (unpaired) electrons. The Hall–Kier alpha value is -2.49. The van der Waals surface area contributed by atoms with Crippen molar-refractivity contribution in [2.45, 2.75) is 10.1 Å². The Morgan fingerprint density at radius 2 is 2.11 bits per heavy atom. The van der Waals surface area contributed by atoms with Crippen LogP contribution in [-0.4, -0.2) is 31.6 Å². The number of benzene rings is 2. The molecule has 0 aliphatic heterocycles. The highest BCUT2D eigenvalue weighted by Gasteiger charge is 2.17. The molecule has 1 aromatic heterocycles. The monoisotopic (exact) mass is 437 g/mol. The van der Waals surface area contributed by atoms with Crippen LogP contribution in [-0.2, 0) is 14.8 Å². The van der Waals surface area contributed by atoms with E-state index in [1.165, 1.54) is 24.3 Å². The zero-order valence-corrected chi connectivity index (χ0v) is 16.9. The lowest BCUT2D eigenvalue weighted by atomic mass is 10.3. The van der Waals surface area contributed by atoms with Crippen LogP contribution in [0.3, 0.4) is 0 Å². The molecule has 2 aromatic carbocycles. The van der Waals surface area contributed by atoms with E-state index in [1.807, 2.05) is 0 Å². The number of carbonyl (C=O) groups excluding carboxylic acids is 1. The standard InChI is InChI=1S/C18H16ClN3O4S2/c1-2-8-20-17(23)11-27-18-21-15-10-14(6-7-16(15)26-18)28(24,25)22-13-5-3-4-12(19)9-13/h2-7,9-10,22H,1,8,11H2,(H,20,23). The first-order valence-electron chi connectivity index (χ1n) is 8.07. The number of fused-ring (bicyclic) bond motifs is 1. The number of oxazole rings is 1. The van der Waals surface area contributed by atoms with Crippen LogP contribution in [0.5, 0.6) is 0 Å². The minimum Gasteiger partial charge on any atom is -0.431 e. The Kier molecular flexibility index (Phi) is 6.28. The molecule has 10 heteroatoms. The first kappa shape index (κ1) is 20.2. The van der Waals surface area contributed by atoms with Gasteiger partial charge in [0.2, 0.25) is 5.91 Å². The molecule has 3 aromatic rings. The van der Waals surface area contributed by atoms with Gasteiger partial charge in [-0.2, -0.15) is 0 Å². The summed E-state index contributed by atoms with van der Waals surface area (Å²) < 4.78 is 33.2. The van der Waals surface area contributed by atoms with Crippen LogP contribution in [0.2, 0.25) is 5.02 Å². The number of aromatic nitrogens is 1. The molecule has 3 rings (SSSR count). The molecule has 1 heterocycles. The van der Waals surface area contributed by atoms with Crippen molar-refractivity contribution < 1.29 is 17.6 Å². The van der Waals surface area contributed by atoms with Crippen LogP contribution in [0.1, 0.15) is 0 Å². The molecule has 0 aliphatic rings. The molecule has 0 unspecified atom stereocenters. The quantitative estimate of drug-likeness (QED) is 0.411. The predicted molar refractivity (Wildman–Crippen MR) is 110 cm³/mol. The molecular formula is C18H16ClN3O4S2. The number of carbonyl (C=O) groups is 1. The molecule has 0 spiro atoms. The number of amides is 1. The van der Waals surface area contributed by atoms with Crippen molar-refractivity contribution in [1.82, 2.24) is 10.3 Å². The third kappa shape index (κ3) is 5.06. The van der Waals surface area contributed by atoms with Gasteiger partial charge in [-0.1, -0.05) is 35.5 Å². The van der Waals surface area contributed by atoms with Gasteiger partial charge in [0.1, 0.15) is 5.52 Å². The van der Waals surface area contributed by atoms with Crippen molar-refractivity contribution in [2.75, 3.05) is 17.0 Å². The Labute approximate surface area is 171 Å². The molecule has 2 N–H and O–H groups in total. The molecule has 28 heavy (non-hydrogen) atoms. The Bertz CT molecular complexity index is 1130. The van der Waals surface area contributed by atoms with Crippen molar-refractivity contribution in [3.8, 4) is 0 Å². The number of anilines is 1. The highest BCUT2D eigenvalue weighted by atomic mass is 35.5. The average molecular weight is 438 g/mol. The maximum atomic E-state index is 12.6. The second kappa shape index (κ2) is 8.68. The summed E-state index contributed by atoms with van der Waals surface area (Å²) in [5, 5.41) is 3.35. The van der Waals surface area contributed by atoms with Gasteiger partial charge in [-0.15, -0.1) is 6.58 Å². The molecule has 7 nitrogen and oxygen atoms in total. The SMILES string of the molecule is C=CCNC(=O)CSc1nc2cc(S(=O)(=O)Nc3cccc(Cl)c3)ccc2o1. The van der Waals surface area contributed by atoms with Crippen molar-refractivity contribution in [1.29, 1.82) is 0 Å². The molecule has 0 saturated heterocycles. The van der Waals surface area contributed by atoms with E-state index >= 15 is 0 Å². The minimum atomic E-state index is -3.82. The van der Waals surface area contributed by atoms with Gasteiger partial charge in [0, 0.05) is 11.6 Å². The fourth-order valence-electron chi connectivity index (χ4n) is 2.25. The molecule has 0 fully saturated rings. The molecule has 0 atom stereocenters. The summed E-state index contributed by atoms with van der Waals surface area (Å²) in [7, 11) is -3.82. The van der Waals surface area contributed by atoms with Gasteiger partial charge < -0.3 is 9.73 Å². The number of sulfonamides is 1. The van der Waals surface area contributed by atoms with Crippen molar-refractivity contribution >= 4 is 56.1 Å². The first-order chi connectivity index (χ1) is 13.4. The number of hydrogen-bond acceptors (Lipinski definition) is 6. The summed E-state index contributed by atoms with van der Waals surface area (Å²) in [6.07, 6.45) is 1.58. The predicted octanol–water partition coefficient (Wildman–Crippen LogP) is 3.68. The third-order valence-electron chi connectivity index (χ3n) is 3.50. The lowest BCUT2D eigenvalue weighted by molar-refractivity contribution is -0.118. The van der Waals surface area contributed by atoms with Gasteiger partial charge in [-0.3, -0.25) is 9.52 Å². The highest BCUT2D eigenvalue weighted by Crippen LogP contribution is 2.26. The third-order valence-corrected chi connectivity index (χ3v) is 5.94. The van der Waals surface area contributed by atoms with E-state index in [1.54, 1.807) is 24.3 Å². The van der Waals surface area contributed by atoms with Crippen LogP contribution in [0.15, 0.2) is 69.7 Å². The number of rotatable bonds is 8. The second-order valence-electron chi connectivity index (χ2n) is 5.61. The molecule has 0 aliphatic carbocycles. The summed E-state index contributed by atoms with van der Waals surface area (Å²) >= 11 is 7.01. The minimum absolute atomic E-state index is 0.0357. The van der Waals surface area contributed by atoms with Gasteiger partial charge >= 0.3 is 0 Å². The average Bonchev–Trinajstić information content (AvgIpc) is 3.06. The topological polar surface area (TPSA) is 101 Å². The molecule has 0 saturated carbocycles. The number of nitrogens with one attached hydrogen (secondary N) is 2. The van der Waals surface area contributed by atoms with E-state index in [2.05, 4.69) is 21.6 Å². The van der Waals surface area contributed by atoms with Crippen LogP contribution in [0.25, 0.3) is 11.1 Å². The van der Waals surface area contributed by atoms with E-state index in [0.717, 1.165) is 11.8 Å². The lowest BCUT2D eigenvalue weighted by Crippen LogP contribution is -2.24. The van der Waals surface area contributed by atoms with Crippen molar-refractivity contribution in [3.05, 3.63) is 60.1 Å². The summed E-state index contributed by atoms with van der Waals surface area (Å²) in [6.45, 7) is 3.91. The second-order valence-corrected chi connectivity index (χ2v) is 8.65. The van der Waals surface area contributed by atoms with Gasteiger partial charge in [0.15, 0.2) is 5.58 Å². The van der Waals surface area contributed by atoms with Crippen LogP contribution < -0.4 is 10.0 Å². The lowest BCUT2D eigenvalue weighted by Gasteiger charge is -2.08. The zero-order valence-electron chi connectivity index (χ0n) is 14.5. The van der Waals surface area contributed by atoms with Crippen molar-refractivity contribution in [2.24, 2.45) is 0 Å². The van der Waals surface area contributed by atoms with Gasteiger partial charge in [0.25, 0.3) is 15.2 Å². The Morgan fingerprint density at radius 1 is 1.29 bits per heavy atom. The number of halogens is 1. The Morgan fingerprint density at radius 3 is 2.86 bits per heavy atom. The van der Waals surface area contributed by atoms with E-state index in [0.29, 0.717) is 28.4 Å². The van der Waals surface area contributed by atoms with Crippen LogP contribution >= 0.6 is 23.4 Å². The van der Waals surface area contributed by atoms with Crippen molar-refractivity contribution in [3.63, 3.8) is 0 Å². The summed E-state index contributed by atoms with van der Waals surface area (Å²) in [4.78, 5) is 15.9. The summed E-state index contributed by atoms with van der Waals surface area (Å²) in [5.41, 5.74) is 1.16. The normalized spacial score (nSPS) is 11.3. The highest BCUT2D eigenvalue weighted by molar-refractivity contribution is 7.99. The van der Waals surface area contributed by atoms with Gasteiger partial charge in [0.05, 0.1) is 16.3 Å². The number of hydrogen-bond donors (Lipinski definition) is 2. The van der Waals surface area contributed by atoms with Crippen LogP contribution in [0.4, 0.5) is 5.69 Å². The largest absolute Gasteiger partial charge is 0.431 e. The summed E-state index contributed by atoms with van der Waals surface area (Å²) in [5.74, 6) is -0.0524. The molecule has 1 amide bonds. The molecule has 0 bridgehead atoms. The van der Waals surface area contributed by atoms with E-state index in [4.69, 9.17) is 16.0 Å². The zero-order chi connectivity index (χ0) is 20.1. The maximum absolute atomic E-state index is 12.6. The molecule has 146 valence electrons. The fraction of sp³-hybridized carbons (Fsp3) is 0.111.